The number of benzene rings is 2. The van der Waals surface area contributed by atoms with Gasteiger partial charge in [-0.2, -0.15) is 10.5 Å². The van der Waals surface area contributed by atoms with E-state index in [1.165, 1.54) is 0 Å². The number of carbonyl (C=O) groups is 1. The standard InChI is InChI=1S/C23H14N6O3S/c24-11-16-19(14-7-3-1-4-8-14)17(12-25)22(27-21(16)26)33-13-18(30)20-23(31)32-28-29(20)15-9-5-2-6-10-15/h1-10H,13H2,(H2-,26,27,28,30,31). The number of nitriles is 2. The molecule has 0 aliphatic heterocycles. The molecular weight excluding hydrogens is 440 g/mol. The molecular formula is C23H14N6O3S. The average molecular weight is 454 g/mol. The molecule has 33 heavy (non-hydrogen) atoms. The first-order valence-electron chi connectivity index (χ1n) is 9.54. The normalized spacial score (nSPS) is 10.4. The van der Waals surface area contributed by atoms with Crippen LogP contribution in [0.1, 0.15) is 21.6 Å². The number of pyridine rings is 1. The lowest BCUT2D eigenvalue weighted by Crippen LogP contribution is -2.39. The first-order valence-corrected chi connectivity index (χ1v) is 10.5. The number of thioether (sulfide) groups is 1. The van der Waals surface area contributed by atoms with E-state index in [1.807, 2.05) is 12.1 Å². The van der Waals surface area contributed by atoms with E-state index in [0.717, 1.165) is 16.4 Å². The van der Waals surface area contributed by atoms with Crippen molar-refractivity contribution in [3.8, 4) is 34.9 Å². The van der Waals surface area contributed by atoms with E-state index < -0.39 is 11.7 Å². The van der Waals surface area contributed by atoms with Gasteiger partial charge in [0.1, 0.15) is 28.5 Å². The number of hydrogen-bond donors (Lipinski definition) is 1. The fourth-order valence-corrected chi connectivity index (χ4v) is 4.08. The second-order valence-electron chi connectivity index (χ2n) is 6.69. The van der Waals surface area contributed by atoms with Crippen LogP contribution in [0.2, 0.25) is 0 Å². The maximum absolute atomic E-state index is 12.9. The SMILES string of the molecule is N#Cc1c(N)nc(SCC(=O)c2c([O-])on[n+]2-c2ccccc2)c(C#N)c1-c1ccccc1. The molecule has 0 saturated carbocycles. The molecule has 0 radical (unpaired) electrons. The quantitative estimate of drug-likeness (QED) is 0.262. The summed E-state index contributed by atoms with van der Waals surface area (Å²) in [5.41, 5.74) is 7.40. The van der Waals surface area contributed by atoms with Gasteiger partial charge < -0.3 is 15.4 Å². The number of para-hydroxylation sites is 1. The summed E-state index contributed by atoms with van der Waals surface area (Å²) in [6.07, 6.45) is 0. The van der Waals surface area contributed by atoms with Gasteiger partial charge in [0.15, 0.2) is 5.95 Å². The molecule has 2 aromatic heterocycles. The van der Waals surface area contributed by atoms with E-state index in [2.05, 4.69) is 16.3 Å². The number of Topliss-reactive ketones (excluding diaryl/α,β-unsaturated/α-hetero) is 1. The molecule has 0 saturated heterocycles. The molecule has 10 heteroatoms. The molecule has 0 aliphatic rings. The van der Waals surface area contributed by atoms with Crippen LogP contribution in [0.15, 0.2) is 70.2 Å². The minimum Gasteiger partial charge on any atom is -0.539 e. The lowest BCUT2D eigenvalue weighted by Gasteiger charge is -2.12. The lowest BCUT2D eigenvalue weighted by atomic mass is 9.97. The predicted molar refractivity (Wildman–Crippen MR) is 116 cm³/mol. The van der Waals surface area contributed by atoms with Crippen molar-refractivity contribution in [3.63, 3.8) is 0 Å². The first-order chi connectivity index (χ1) is 16.0. The van der Waals surface area contributed by atoms with Crippen molar-refractivity contribution in [2.45, 2.75) is 5.03 Å². The summed E-state index contributed by atoms with van der Waals surface area (Å²) in [5, 5.41) is 35.4. The summed E-state index contributed by atoms with van der Waals surface area (Å²) in [7, 11) is 0. The van der Waals surface area contributed by atoms with Crippen molar-refractivity contribution < 1.29 is 19.1 Å². The van der Waals surface area contributed by atoms with Crippen LogP contribution >= 0.6 is 11.8 Å². The van der Waals surface area contributed by atoms with Crippen LogP contribution in [0, 0.1) is 22.7 Å². The molecule has 0 bridgehead atoms. The second kappa shape index (κ2) is 9.22. The number of nitrogens with two attached hydrogens (primary N) is 1. The second-order valence-corrected chi connectivity index (χ2v) is 7.65. The van der Waals surface area contributed by atoms with Gasteiger partial charge in [-0.3, -0.25) is 4.79 Å². The van der Waals surface area contributed by atoms with Gasteiger partial charge >= 0.3 is 5.69 Å². The van der Waals surface area contributed by atoms with Crippen molar-refractivity contribution in [2.75, 3.05) is 11.5 Å². The Hall–Kier alpha value is -4.67. The number of ketones is 1. The zero-order valence-electron chi connectivity index (χ0n) is 16.9. The van der Waals surface area contributed by atoms with E-state index in [4.69, 9.17) is 10.3 Å². The number of rotatable bonds is 6. The van der Waals surface area contributed by atoms with E-state index in [0.29, 0.717) is 16.8 Å². The van der Waals surface area contributed by atoms with Crippen molar-refractivity contribution in [1.29, 1.82) is 10.5 Å². The van der Waals surface area contributed by atoms with Gasteiger partial charge in [-0.15, -0.1) is 0 Å². The summed E-state index contributed by atoms with van der Waals surface area (Å²) in [6.45, 7) is 0. The number of hydrogen-bond acceptors (Lipinski definition) is 9. The minimum atomic E-state index is -0.873. The van der Waals surface area contributed by atoms with Crippen LogP contribution in [-0.2, 0) is 0 Å². The molecule has 0 fully saturated rings. The third kappa shape index (κ3) is 4.11. The largest absolute Gasteiger partial charge is 0.539 e. The molecule has 9 nitrogen and oxygen atoms in total. The maximum atomic E-state index is 12.9. The van der Waals surface area contributed by atoms with Crippen LogP contribution in [0.3, 0.4) is 0 Å². The maximum Gasteiger partial charge on any atom is 0.307 e. The molecule has 0 spiro atoms. The first kappa shape index (κ1) is 21.6. The topological polar surface area (TPSA) is 157 Å². The van der Waals surface area contributed by atoms with Crippen molar-refractivity contribution >= 4 is 23.4 Å². The highest BCUT2D eigenvalue weighted by Crippen LogP contribution is 2.35. The van der Waals surface area contributed by atoms with Crippen molar-refractivity contribution in [2.24, 2.45) is 0 Å². The van der Waals surface area contributed by atoms with Crippen LogP contribution in [0.4, 0.5) is 5.82 Å². The number of carbonyl (C=O) groups excluding carboxylic acids is 1. The van der Waals surface area contributed by atoms with Gasteiger partial charge in [0.2, 0.25) is 11.5 Å². The summed E-state index contributed by atoms with van der Waals surface area (Å²) in [6, 6.07) is 21.5. The Morgan fingerprint density at radius 3 is 2.33 bits per heavy atom. The Bertz CT molecular complexity index is 1420. The highest BCUT2D eigenvalue weighted by atomic mass is 32.2. The zero-order valence-corrected chi connectivity index (χ0v) is 17.7. The average Bonchev–Trinajstić information content (AvgIpc) is 3.24. The Morgan fingerprint density at radius 1 is 1.06 bits per heavy atom. The summed E-state index contributed by atoms with van der Waals surface area (Å²) < 4.78 is 5.83. The fourth-order valence-electron chi connectivity index (χ4n) is 3.22. The van der Waals surface area contributed by atoms with Gasteiger partial charge in [-0.1, -0.05) is 60.3 Å². The molecule has 2 N–H and O–H groups in total. The number of nitrogens with zero attached hydrogens (tertiary/aromatic N) is 5. The molecule has 2 heterocycles. The van der Waals surface area contributed by atoms with Crippen LogP contribution in [-0.4, -0.2) is 21.8 Å². The molecule has 0 aliphatic carbocycles. The Labute approximate surface area is 192 Å². The molecule has 2 aromatic carbocycles. The zero-order chi connectivity index (χ0) is 23.4. The van der Waals surface area contributed by atoms with Gasteiger partial charge in [0, 0.05) is 17.7 Å². The van der Waals surface area contributed by atoms with Crippen LogP contribution in [0.25, 0.3) is 16.8 Å². The molecule has 0 unspecified atom stereocenters. The van der Waals surface area contributed by atoms with Crippen LogP contribution < -0.4 is 15.5 Å². The molecule has 0 atom stereocenters. The molecule has 160 valence electrons. The van der Waals surface area contributed by atoms with Gasteiger partial charge in [-0.25, -0.2) is 4.98 Å². The van der Waals surface area contributed by atoms with E-state index in [-0.39, 0.29) is 33.4 Å². The molecule has 4 rings (SSSR count). The number of aromatic nitrogens is 3. The molecule has 4 aromatic rings. The Balaban J connectivity index is 1.70. The summed E-state index contributed by atoms with van der Waals surface area (Å²) >= 11 is 0.939. The van der Waals surface area contributed by atoms with Gasteiger partial charge in [0.05, 0.1) is 16.6 Å². The van der Waals surface area contributed by atoms with E-state index >= 15 is 0 Å². The third-order valence-electron chi connectivity index (χ3n) is 4.69. The number of anilines is 1. The Morgan fingerprint density at radius 2 is 1.70 bits per heavy atom. The monoisotopic (exact) mass is 454 g/mol. The van der Waals surface area contributed by atoms with Crippen LogP contribution in [0.5, 0.6) is 5.95 Å². The van der Waals surface area contributed by atoms with E-state index in [1.54, 1.807) is 54.6 Å². The summed E-state index contributed by atoms with van der Waals surface area (Å²) in [5.74, 6) is -1.73. The Kier molecular flexibility index (Phi) is 6.02. The van der Waals surface area contributed by atoms with Gasteiger partial charge in [-0.05, 0) is 10.2 Å². The highest BCUT2D eigenvalue weighted by molar-refractivity contribution is 8.00. The predicted octanol–water partition coefficient (Wildman–Crippen LogP) is 2.39. The van der Waals surface area contributed by atoms with Crippen molar-refractivity contribution in [3.05, 3.63) is 77.5 Å². The van der Waals surface area contributed by atoms with Crippen molar-refractivity contribution in [1.82, 2.24) is 10.3 Å². The number of nitrogen functional groups attached to an aromatic ring is 1. The summed E-state index contributed by atoms with van der Waals surface area (Å²) in [4.78, 5) is 17.1. The molecule has 0 amide bonds. The smallest absolute Gasteiger partial charge is 0.307 e. The fraction of sp³-hybridized carbons (Fsp3) is 0.0435. The third-order valence-corrected chi connectivity index (χ3v) is 5.67. The lowest BCUT2D eigenvalue weighted by molar-refractivity contribution is -0.672. The minimum absolute atomic E-state index is 0.0563. The van der Waals surface area contributed by atoms with E-state index in [9.17, 15) is 20.4 Å². The highest BCUT2D eigenvalue weighted by Gasteiger charge is 2.28. The van der Waals surface area contributed by atoms with Gasteiger partial charge in [0.25, 0.3) is 0 Å².